The molecular formula is C14H25N3O. The molecule has 1 atom stereocenters. The first kappa shape index (κ1) is 15.1. The monoisotopic (exact) mass is 251 g/mol. The van der Waals surface area contributed by atoms with E-state index >= 15 is 0 Å². The molecule has 1 heterocycles. The summed E-state index contributed by atoms with van der Waals surface area (Å²) in [4.78, 5) is 9.14. The highest BCUT2D eigenvalue weighted by atomic mass is 16.5. The van der Waals surface area contributed by atoms with Crippen LogP contribution in [0.3, 0.4) is 0 Å². The predicted octanol–water partition coefficient (Wildman–Crippen LogP) is 2.49. The van der Waals surface area contributed by atoms with Crippen LogP contribution in [-0.2, 0) is 17.7 Å². The van der Waals surface area contributed by atoms with E-state index in [1.165, 1.54) is 5.56 Å². The second-order valence-electron chi connectivity index (χ2n) is 4.70. The molecule has 0 aromatic carbocycles. The summed E-state index contributed by atoms with van der Waals surface area (Å²) in [6.45, 7) is 9.89. The molecule has 1 aromatic heterocycles. The van der Waals surface area contributed by atoms with Crippen molar-refractivity contribution in [1.29, 1.82) is 0 Å². The maximum atomic E-state index is 5.75. The zero-order valence-electron chi connectivity index (χ0n) is 12.2. The zero-order valence-corrected chi connectivity index (χ0v) is 12.2. The van der Waals surface area contributed by atoms with Gasteiger partial charge in [0, 0.05) is 30.6 Å². The molecule has 4 heteroatoms. The first-order valence-corrected chi connectivity index (χ1v) is 6.74. The van der Waals surface area contributed by atoms with Crippen molar-refractivity contribution in [3.63, 3.8) is 0 Å². The van der Waals surface area contributed by atoms with Crippen molar-refractivity contribution in [2.45, 2.75) is 46.8 Å². The Bertz CT molecular complexity index is 366. The number of aryl methyl sites for hydroxylation is 1. The van der Waals surface area contributed by atoms with Crippen LogP contribution in [0.2, 0.25) is 0 Å². The van der Waals surface area contributed by atoms with Crippen molar-refractivity contribution >= 4 is 0 Å². The molecule has 0 saturated carbocycles. The normalized spacial score (nSPS) is 13.0. The Labute approximate surface area is 110 Å². The van der Waals surface area contributed by atoms with Crippen molar-refractivity contribution in [3.8, 4) is 0 Å². The van der Waals surface area contributed by atoms with Crippen LogP contribution in [-0.4, -0.2) is 23.6 Å². The van der Waals surface area contributed by atoms with E-state index in [-0.39, 0.29) is 6.10 Å². The van der Waals surface area contributed by atoms with E-state index in [9.17, 15) is 0 Å². The van der Waals surface area contributed by atoms with E-state index < -0.39 is 0 Å². The predicted molar refractivity (Wildman–Crippen MR) is 73.4 cm³/mol. The first-order chi connectivity index (χ1) is 8.63. The molecule has 0 fully saturated rings. The molecule has 0 amide bonds. The van der Waals surface area contributed by atoms with E-state index in [2.05, 4.69) is 36.1 Å². The third-order valence-electron chi connectivity index (χ3n) is 2.88. The summed E-state index contributed by atoms with van der Waals surface area (Å²) in [5.74, 6) is 1.19. The SMILES string of the molecule is CCOC(c1ncc(CNC)c(CC)n1)C(C)C. The van der Waals surface area contributed by atoms with Gasteiger partial charge in [-0.1, -0.05) is 20.8 Å². The number of nitrogens with zero attached hydrogens (tertiary/aromatic N) is 2. The van der Waals surface area contributed by atoms with Gasteiger partial charge in [0.15, 0.2) is 5.82 Å². The molecule has 1 N–H and O–H groups in total. The minimum atomic E-state index is -0.0102. The fraction of sp³-hybridized carbons (Fsp3) is 0.714. The van der Waals surface area contributed by atoms with E-state index in [1.807, 2.05) is 20.2 Å². The van der Waals surface area contributed by atoms with E-state index in [0.29, 0.717) is 12.5 Å². The van der Waals surface area contributed by atoms with Crippen molar-refractivity contribution < 1.29 is 4.74 Å². The van der Waals surface area contributed by atoms with Crippen LogP contribution < -0.4 is 5.32 Å². The van der Waals surface area contributed by atoms with Gasteiger partial charge in [-0.15, -0.1) is 0 Å². The standard InChI is InChI=1S/C14H25N3O/c1-6-12-11(8-15-5)9-16-14(17-12)13(10(3)4)18-7-2/h9-10,13,15H,6-8H2,1-5H3. The minimum Gasteiger partial charge on any atom is -0.370 e. The number of rotatable bonds is 7. The van der Waals surface area contributed by atoms with Gasteiger partial charge in [-0.25, -0.2) is 9.97 Å². The molecule has 4 nitrogen and oxygen atoms in total. The molecule has 0 aliphatic rings. The molecule has 18 heavy (non-hydrogen) atoms. The number of nitrogens with one attached hydrogen (secondary N) is 1. The molecule has 0 radical (unpaired) electrons. The second kappa shape index (κ2) is 7.44. The summed E-state index contributed by atoms with van der Waals surface area (Å²) in [6, 6.07) is 0. The number of hydrogen-bond acceptors (Lipinski definition) is 4. The molecule has 1 unspecified atom stereocenters. The van der Waals surface area contributed by atoms with Gasteiger partial charge in [-0.3, -0.25) is 0 Å². The van der Waals surface area contributed by atoms with Crippen molar-refractivity contribution in [2.24, 2.45) is 5.92 Å². The van der Waals surface area contributed by atoms with Gasteiger partial charge in [-0.2, -0.15) is 0 Å². The minimum absolute atomic E-state index is 0.0102. The Morgan fingerprint density at radius 2 is 2.06 bits per heavy atom. The lowest BCUT2D eigenvalue weighted by Crippen LogP contribution is -2.17. The molecule has 102 valence electrons. The zero-order chi connectivity index (χ0) is 13.5. The summed E-state index contributed by atoms with van der Waals surface area (Å²) >= 11 is 0. The number of aromatic nitrogens is 2. The Morgan fingerprint density at radius 3 is 2.56 bits per heavy atom. The Hall–Kier alpha value is -1.00. The highest BCUT2D eigenvalue weighted by Crippen LogP contribution is 2.23. The van der Waals surface area contributed by atoms with Crippen LogP contribution in [0.4, 0.5) is 0 Å². The van der Waals surface area contributed by atoms with Gasteiger partial charge in [0.25, 0.3) is 0 Å². The lowest BCUT2D eigenvalue weighted by Gasteiger charge is -2.20. The average Bonchev–Trinajstić information content (AvgIpc) is 2.36. The molecular weight excluding hydrogens is 226 g/mol. The molecule has 0 saturated heterocycles. The van der Waals surface area contributed by atoms with E-state index in [4.69, 9.17) is 4.74 Å². The summed E-state index contributed by atoms with van der Waals surface area (Å²) in [6.07, 6.45) is 2.83. The summed E-state index contributed by atoms with van der Waals surface area (Å²) in [5.41, 5.74) is 2.28. The second-order valence-corrected chi connectivity index (χ2v) is 4.70. The quantitative estimate of drug-likeness (QED) is 0.809. The maximum absolute atomic E-state index is 5.75. The van der Waals surface area contributed by atoms with Gasteiger partial charge < -0.3 is 10.1 Å². The van der Waals surface area contributed by atoms with Crippen LogP contribution in [0, 0.1) is 5.92 Å². The summed E-state index contributed by atoms with van der Waals surface area (Å²) in [7, 11) is 1.93. The fourth-order valence-corrected chi connectivity index (χ4v) is 1.98. The molecule has 1 rings (SSSR count). The highest BCUT2D eigenvalue weighted by Gasteiger charge is 2.20. The summed E-state index contributed by atoms with van der Waals surface area (Å²) in [5, 5.41) is 3.14. The Morgan fingerprint density at radius 1 is 1.33 bits per heavy atom. The van der Waals surface area contributed by atoms with Gasteiger partial charge >= 0.3 is 0 Å². The van der Waals surface area contributed by atoms with Gasteiger partial charge in [0.1, 0.15) is 6.10 Å². The smallest absolute Gasteiger partial charge is 0.157 e. The van der Waals surface area contributed by atoms with Crippen molar-refractivity contribution in [3.05, 3.63) is 23.3 Å². The third-order valence-corrected chi connectivity index (χ3v) is 2.88. The van der Waals surface area contributed by atoms with Crippen LogP contribution >= 0.6 is 0 Å². The first-order valence-electron chi connectivity index (χ1n) is 6.74. The van der Waals surface area contributed by atoms with Crippen molar-refractivity contribution in [1.82, 2.24) is 15.3 Å². The van der Waals surface area contributed by atoms with Gasteiger partial charge in [-0.05, 0) is 26.3 Å². The van der Waals surface area contributed by atoms with Gasteiger partial charge in [0.05, 0.1) is 0 Å². The molecule has 0 aliphatic carbocycles. The summed E-state index contributed by atoms with van der Waals surface area (Å²) < 4.78 is 5.75. The Balaban J connectivity index is 3.01. The van der Waals surface area contributed by atoms with Crippen LogP contribution in [0.5, 0.6) is 0 Å². The maximum Gasteiger partial charge on any atom is 0.157 e. The lowest BCUT2D eigenvalue weighted by molar-refractivity contribution is 0.0230. The topological polar surface area (TPSA) is 47.0 Å². The largest absolute Gasteiger partial charge is 0.370 e. The fourth-order valence-electron chi connectivity index (χ4n) is 1.98. The van der Waals surface area contributed by atoms with Crippen molar-refractivity contribution in [2.75, 3.05) is 13.7 Å². The number of ether oxygens (including phenoxy) is 1. The molecule has 0 bridgehead atoms. The van der Waals surface area contributed by atoms with Crippen LogP contribution in [0.1, 0.15) is 50.9 Å². The van der Waals surface area contributed by atoms with Crippen LogP contribution in [0.25, 0.3) is 0 Å². The third kappa shape index (κ3) is 3.75. The highest BCUT2D eigenvalue weighted by molar-refractivity contribution is 5.18. The molecule has 0 aliphatic heterocycles. The van der Waals surface area contributed by atoms with Gasteiger partial charge in [0.2, 0.25) is 0 Å². The lowest BCUT2D eigenvalue weighted by atomic mass is 10.1. The van der Waals surface area contributed by atoms with E-state index in [1.54, 1.807) is 0 Å². The van der Waals surface area contributed by atoms with Crippen LogP contribution in [0.15, 0.2) is 6.20 Å². The average molecular weight is 251 g/mol. The molecule has 1 aromatic rings. The number of hydrogen-bond donors (Lipinski definition) is 1. The van der Waals surface area contributed by atoms with E-state index in [0.717, 1.165) is 24.5 Å². The Kier molecular flexibility index (Phi) is 6.22. The molecule has 0 spiro atoms.